The van der Waals surface area contributed by atoms with Gasteiger partial charge in [0.2, 0.25) is 23.6 Å². The third kappa shape index (κ3) is 11.3. The molecule has 0 spiro atoms. The van der Waals surface area contributed by atoms with E-state index in [1.165, 1.54) is 50.1 Å². The van der Waals surface area contributed by atoms with E-state index in [1.807, 2.05) is 12.1 Å². The zero-order chi connectivity index (χ0) is 44.4. The van der Waals surface area contributed by atoms with E-state index in [0.29, 0.717) is 48.2 Å². The summed E-state index contributed by atoms with van der Waals surface area (Å²) in [6.07, 6.45) is 2.05. The Morgan fingerprint density at radius 3 is 2.18 bits per heavy atom. The number of hydrogen-bond acceptors (Lipinski definition) is 9. The summed E-state index contributed by atoms with van der Waals surface area (Å²) in [6.45, 7) is 4.85. The number of aromatic hydroxyl groups is 1. The molecule has 5 amide bonds. The molecule has 61 heavy (non-hydrogen) atoms. The molecule has 5 rings (SSSR count). The number of aldehydes is 1. The molecular weight excluding hydrogens is 800 g/mol. The van der Waals surface area contributed by atoms with Crippen molar-refractivity contribution in [2.45, 2.75) is 83.1 Å². The van der Waals surface area contributed by atoms with Crippen molar-refractivity contribution in [2.24, 2.45) is 5.73 Å². The van der Waals surface area contributed by atoms with Gasteiger partial charge in [-0.2, -0.15) is 0 Å². The Balaban J connectivity index is 1.52. The van der Waals surface area contributed by atoms with Crippen molar-refractivity contribution < 1.29 is 38.7 Å². The van der Waals surface area contributed by atoms with E-state index in [4.69, 9.17) is 17.3 Å². The summed E-state index contributed by atoms with van der Waals surface area (Å²) in [6, 6.07) is 17.3. The molecule has 5 atom stereocenters. The predicted molar refractivity (Wildman–Crippen MR) is 232 cm³/mol. The van der Waals surface area contributed by atoms with Gasteiger partial charge < -0.3 is 37.0 Å². The van der Waals surface area contributed by atoms with Gasteiger partial charge in [-0.15, -0.1) is 0 Å². The molecule has 0 saturated heterocycles. The molecule has 0 aromatic heterocycles. The van der Waals surface area contributed by atoms with Gasteiger partial charge in [-0.25, -0.2) is 0 Å². The number of rotatable bonds is 14. The quantitative estimate of drug-likeness (QED) is 0.0768. The SMILES string of the molecule is CC[C@H](NC(=O)[C@@H]1Cc2ccc(O)c(c2)-c2cc(ccc2C=O)[C@H](N(C)C(=O)[C@H](CCCCN)NC(=O)c2ccc(-c3ccc(Cl)cc3)cc2)C(=O)N[C@@H](C)C(=O)N1)C(C)=O. The highest BCUT2D eigenvalue weighted by molar-refractivity contribution is 6.30. The third-order valence-corrected chi connectivity index (χ3v) is 11.0. The lowest BCUT2D eigenvalue weighted by Crippen LogP contribution is -2.57. The summed E-state index contributed by atoms with van der Waals surface area (Å²) >= 11 is 6.04. The van der Waals surface area contributed by atoms with Crippen LogP contribution in [0, 0.1) is 0 Å². The van der Waals surface area contributed by atoms with E-state index in [-0.39, 0.29) is 46.6 Å². The Hall–Kier alpha value is -6.38. The van der Waals surface area contributed by atoms with Crippen molar-refractivity contribution in [3.05, 3.63) is 112 Å². The highest BCUT2D eigenvalue weighted by Crippen LogP contribution is 2.36. The van der Waals surface area contributed by atoms with Crippen LogP contribution in [0.4, 0.5) is 0 Å². The average Bonchev–Trinajstić information content (AvgIpc) is 3.25. The molecule has 4 aromatic carbocycles. The number of carbonyl (C=O) groups excluding carboxylic acids is 7. The molecule has 4 aromatic rings. The zero-order valence-corrected chi connectivity index (χ0v) is 35.3. The lowest BCUT2D eigenvalue weighted by molar-refractivity contribution is -0.141. The van der Waals surface area contributed by atoms with Crippen LogP contribution in [-0.4, -0.2) is 89.4 Å². The number of likely N-dealkylation sites (N-methyl/N-ethyl adjacent to an activating group) is 1. The van der Waals surface area contributed by atoms with Crippen LogP contribution in [-0.2, 0) is 30.4 Å². The Morgan fingerprint density at radius 1 is 0.885 bits per heavy atom. The maximum absolute atomic E-state index is 14.6. The van der Waals surface area contributed by atoms with E-state index in [9.17, 15) is 38.7 Å². The van der Waals surface area contributed by atoms with Gasteiger partial charge in [0.25, 0.3) is 5.91 Å². The van der Waals surface area contributed by atoms with Crippen LogP contribution in [0.5, 0.6) is 5.75 Å². The number of carbonyl (C=O) groups is 7. The number of phenolic OH excluding ortho intramolecular Hbond substituents is 1. The van der Waals surface area contributed by atoms with Crippen LogP contribution in [0.15, 0.2) is 84.9 Å². The Bertz CT molecular complexity index is 2280. The fourth-order valence-electron chi connectivity index (χ4n) is 7.24. The van der Waals surface area contributed by atoms with Crippen LogP contribution in [0.2, 0.25) is 5.02 Å². The number of ketones is 1. The molecule has 0 radical (unpaired) electrons. The first-order chi connectivity index (χ1) is 29.1. The first kappa shape index (κ1) is 45.7. The monoisotopic (exact) mass is 850 g/mol. The molecule has 14 nitrogen and oxygen atoms in total. The van der Waals surface area contributed by atoms with Gasteiger partial charge in [0, 0.05) is 35.2 Å². The standard InChI is InChI=1S/C46H51ClN6O8/c1-5-37(27(3)55)50-44(59)39-23-28-9-20-40(56)36(22-28)35-24-32(14-15-33(35)25-54)41(45(60)49-26(2)42(57)52-39)53(4)46(61)38(8-6-7-21-48)51-43(58)31-12-10-29(11-13-31)30-16-18-34(47)19-17-30/h9-20,22,24-26,37-39,41,56H,5-8,21,23,48H2,1-4H3,(H,49,60)(H,50,59)(H,51,58)(H,52,57)/t26-,37-,38-,39-,41-/m0/s1. The predicted octanol–water partition coefficient (Wildman–Crippen LogP) is 4.65. The maximum Gasteiger partial charge on any atom is 0.251 e. The number of phenols is 1. The van der Waals surface area contributed by atoms with E-state index in [2.05, 4.69) is 21.3 Å². The van der Waals surface area contributed by atoms with Gasteiger partial charge in [0.15, 0.2) is 12.1 Å². The first-order valence-electron chi connectivity index (χ1n) is 20.1. The fraction of sp³-hybridized carbons (Fsp3) is 0.326. The van der Waals surface area contributed by atoms with Crippen molar-refractivity contribution in [3.63, 3.8) is 0 Å². The second-order valence-corrected chi connectivity index (χ2v) is 15.6. The van der Waals surface area contributed by atoms with Crippen LogP contribution >= 0.6 is 11.6 Å². The number of halogens is 1. The molecule has 0 aliphatic carbocycles. The van der Waals surface area contributed by atoms with Crippen molar-refractivity contribution >= 4 is 53.2 Å². The first-order valence-corrected chi connectivity index (χ1v) is 20.5. The van der Waals surface area contributed by atoms with Gasteiger partial charge in [-0.1, -0.05) is 61.0 Å². The van der Waals surface area contributed by atoms with Gasteiger partial charge in [0.1, 0.15) is 29.9 Å². The fourth-order valence-corrected chi connectivity index (χ4v) is 7.37. The van der Waals surface area contributed by atoms with E-state index < -0.39 is 59.7 Å². The van der Waals surface area contributed by atoms with Crippen LogP contribution in [0.25, 0.3) is 22.3 Å². The molecule has 0 unspecified atom stereocenters. The largest absolute Gasteiger partial charge is 0.507 e. The number of benzene rings is 4. The topological polar surface area (TPSA) is 217 Å². The molecule has 4 bridgehead atoms. The minimum absolute atomic E-state index is 0.0698. The summed E-state index contributed by atoms with van der Waals surface area (Å²) in [7, 11) is 1.40. The molecule has 0 fully saturated rings. The second-order valence-electron chi connectivity index (χ2n) is 15.1. The number of nitrogens with one attached hydrogen (secondary N) is 4. The molecule has 0 saturated carbocycles. The summed E-state index contributed by atoms with van der Waals surface area (Å²) < 4.78 is 0. The Morgan fingerprint density at radius 2 is 1.56 bits per heavy atom. The lowest BCUT2D eigenvalue weighted by Gasteiger charge is -2.32. The summed E-state index contributed by atoms with van der Waals surface area (Å²) in [5.41, 5.74) is 9.14. The highest BCUT2D eigenvalue weighted by atomic mass is 35.5. The van der Waals surface area contributed by atoms with Crippen molar-refractivity contribution in [1.29, 1.82) is 0 Å². The van der Waals surface area contributed by atoms with Gasteiger partial charge in [-0.3, -0.25) is 33.6 Å². The van der Waals surface area contributed by atoms with E-state index in [1.54, 1.807) is 55.5 Å². The zero-order valence-electron chi connectivity index (χ0n) is 34.5. The Labute approximate surface area is 359 Å². The number of fused-ring (bicyclic) bond motifs is 5. The molecule has 15 heteroatoms. The van der Waals surface area contributed by atoms with Crippen LogP contribution in [0.1, 0.15) is 84.3 Å². The molecule has 1 aliphatic rings. The smallest absolute Gasteiger partial charge is 0.251 e. The number of unbranched alkanes of at least 4 members (excludes halogenated alkanes) is 1. The summed E-state index contributed by atoms with van der Waals surface area (Å²) in [4.78, 5) is 95.8. The molecule has 1 aliphatic heterocycles. The second kappa shape index (κ2) is 20.7. The maximum atomic E-state index is 14.6. The van der Waals surface area contributed by atoms with Gasteiger partial charge >= 0.3 is 0 Å². The van der Waals surface area contributed by atoms with Crippen LogP contribution in [0.3, 0.4) is 0 Å². The summed E-state index contributed by atoms with van der Waals surface area (Å²) in [5.74, 6) is -3.79. The number of nitrogens with two attached hydrogens (primary N) is 1. The van der Waals surface area contributed by atoms with Crippen molar-refractivity contribution in [3.8, 4) is 28.0 Å². The highest BCUT2D eigenvalue weighted by Gasteiger charge is 2.36. The average molecular weight is 851 g/mol. The third-order valence-electron chi connectivity index (χ3n) is 10.8. The number of hydrogen-bond donors (Lipinski definition) is 6. The minimum Gasteiger partial charge on any atom is -0.507 e. The van der Waals surface area contributed by atoms with Gasteiger partial charge in [0.05, 0.1) is 6.04 Å². The minimum atomic E-state index is -1.43. The number of Topliss-reactive ketones (excluding diaryl/α,β-unsaturated/α-hetero) is 1. The van der Waals surface area contributed by atoms with Gasteiger partial charge in [-0.05, 0) is 116 Å². The number of nitrogens with zero attached hydrogens (tertiary/aromatic N) is 1. The van der Waals surface area contributed by atoms with Crippen LogP contribution < -0.4 is 27.0 Å². The number of amides is 5. The Kier molecular flexibility index (Phi) is 15.5. The van der Waals surface area contributed by atoms with E-state index in [0.717, 1.165) is 11.1 Å². The van der Waals surface area contributed by atoms with Crippen molar-refractivity contribution in [1.82, 2.24) is 26.2 Å². The van der Waals surface area contributed by atoms with E-state index >= 15 is 0 Å². The molecule has 1 heterocycles. The molecule has 7 N–H and O–H groups in total. The van der Waals surface area contributed by atoms with Crippen molar-refractivity contribution in [2.75, 3.05) is 13.6 Å². The lowest BCUT2D eigenvalue weighted by atomic mass is 9.91. The normalized spacial score (nSPS) is 17.4. The summed E-state index contributed by atoms with van der Waals surface area (Å²) in [5, 5.41) is 22.6. The molecule has 320 valence electrons. The molecular formula is C46H51ClN6O8.